The molecule has 140 valence electrons. The molecule has 0 radical (unpaired) electrons. The molecular formula is C21H30N4O. The Balaban J connectivity index is 2.25. The lowest BCUT2D eigenvalue weighted by atomic mass is 9.85. The van der Waals surface area contributed by atoms with Gasteiger partial charge >= 0.3 is 0 Å². The Labute approximate surface area is 156 Å². The van der Waals surface area contributed by atoms with Gasteiger partial charge < -0.3 is 22.1 Å². The molecule has 0 saturated heterocycles. The van der Waals surface area contributed by atoms with Crippen LogP contribution in [0.2, 0.25) is 0 Å². The Kier molecular flexibility index (Phi) is 6.50. The molecule has 5 nitrogen and oxygen atoms in total. The van der Waals surface area contributed by atoms with Crippen molar-refractivity contribution in [1.82, 2.24) is 0 Å². The maximum atomic E-state index is 13.0. The van der Waals surface area contributed by atoms with Crippen LogP contribution in [0.4, 0.5) is 22.7 Å². The van der Waals surface area contributed by atoms with Crippen molar-refractivity contribution >= 4 is 28.5 Å². The van der Waals surface area contributed by atoms with E-state index >= 15 is 0 Å². The van der Waals surface area contributed by atoms with Crippen molar-refractivity contribution in [1.29, 1.82) is 0 Å². The lowest BCUT2D eigenvalue weighted by Gasteiger charge is -2.20. The van der Waals surface area contributed by atoms with Crippen LogP contribution in [0.25, 0.3) is 0 Å². The summed E-state index contributed by atoms with van der Waals surface area (Å²) in [5.41, 5.74) is 17.1. The quantitative estimate of drug-likeness (QED) is 0.533. The van der Waals surface area contributed by atoms with E-state index in [1.807, 2.05) is 64.1 Å². The predicted octanol–water partition coefficient (Wildman–Crippen LogP) is 4.19. The van der Waals surface area contributed by atoms with Crippen molar-refractivity contribution in [3.05, 3.63) is 47.5 Å². The van der Waals surface area contributed by atoms with E-state index in [4.69, 9.17) is 11.5 Å². The van der Waals surface area contributed by atoms with Crippen LogP contribution < -0.4 is 22.1 Å². The average molecular weight is 354 g/mol. The van der Waals surface area contributed by atoms with Crippen LogP contribution >= 0.6 is 0 Å². The number of Topliss-reactive ketones (excluding diaryl/α,β-unsaturated/α-hetero) is 1. The molecule has 0 amide bonds. The minimum atomic E-state index is -0.219. The number of nitrogens with two attached hydrogens (primary N) is 2. The van der Waals surface area contributed by atoms with Gasteiger partial charge in [0.2, 0.25) is 0 Å². The molecule has 0 spiro atoms. The van der Waals surface area contributed by atoms with E-state index in [1.165, 1.54) is 0 Å². The SMILES string of the molecule is CCNc1cc(C(C)C(=O)C(C)c2ccc(N)c(NCC)c2)ccc1N. The number of carbonyl (C=O) groups excluding carboxylic acids is 1. The van der Waals surface area contributed by atoms with Crippen LogP contribution in [0.3, 0.4) is 0 Å². The molecule has 0 bridgehead atoms. The molecule has 2 aromatic carbocycles. The number of rotatable bonds is 8. The van der Waals surface area contributed by atoms with E-state index in [9.17, 15) is 4.79 Å². The van der Waals surface area contributed by atoms with Gasteiger partial charge in [-0.2, -0.15) is 0 Å². The number of nitrogen functional groups attached to an aromatic ring is 2. The first kappa shape index (κ1) is 19.6. The van der Waals surface area contributed by atoms with E-state index in [0.29, 0.717) is 11.4 Å². The third-order valence-corrected chi connectivity index (χ3v) is 4.74. The maximum absolute atomic E-state index is 13.0. The summed E-state index contributed by atoms with van der Waals surface area (Å²) in [4.78, 5) is 13.0. The second kappa shape index (κ2) is 8.61. The largest absolute Gasteiger partial charge is 0.397 e. The second-order valence-corrected chi connectivity index (χ2v) is 6.60. The molecule has 6 N–H and O–H groups in total. The molecule has 2 rings (SSSR count). The van der Waals surface area contributed by atoms with Gasteiger partial charge in [-0.15, -0.1) is 0 Å². The summed E-state index contributed by atoms with van der Waals surface area (Å²) in [5.74, 6) is -0.268. The molecular weight excluding hydrogens is 324 g/mol. The average Bonchev–Trinajstić information content (AvgIpc) is 2.64. The van der Waals surface area contributed by atoms with E-state index in [2.05, 4.69) is 10.6 Å². The number of anilines is 4. The van der Waals surface area contributed by atoms with Crippen LogP contribution in [-0.4, -0.2) is 18.9 Å². The highest BCUT2D eigenvalue weighted by molar-refractivity contribution is 5.92. The summed E-state index contributed by atoms with van der Waals surface area (Å²) in [7, 11) is 0. The summed E-state index contributed by atoms with van der Waals surface area (Å²) in [6.45, 7) is 9.50. The summed E-state index contributed by atoms with van der Waals surface area (Å²) in [6.07, 6.45) is 0. The molecule has 0 aliphatic rings. The normalized spacial score (nSPS) is 13.1. The number of ketones is 1. The van der Waals surface area contributed by atoms with Crippen molar-refractivity contribution in [2.24, 2.45) is 0 Å². The monoisotopic (exact) mass is 354 g/mol. The molecule has 5 heteroatoms. The Hall–Kier alpha value is -2.69. The summed E-state index contributed by atoms with van der Waals surface area (Å²) in [6, 6.07) is 11.5. The minimum absolute atomic E-state index is 0.171. The number of carbonyl (C=O) groups is 1. The first-order chi connectivity index (χ1) is 12.4. The van der Waals surface area contributed by atoms with Crippen LogP contribution in [0.1, 0.15) is 50.7 Å². The number of hydrogen-bond donors (Lipinski definition) is 4. The minimum Gasteiger partial charge on any atom is -0.397 e. The Bertz CT molecular complexity index is 709. The fourth-order valence-electron chi connectivity index (χ4n) is 3.08. The lowest BCUT2D eigenvalue weighted by molar-refractivity contribution is -0.121. The van der Waals surface area contributed by atoms with E-state index in [-0.39, 0.29) is 17.6 Å². The van der Waals surface area contributed by atoms with E-state index in [1.54, 1.807) is 0 Å². The Morgan fingerprint density at radius 2 is 1.23 bits per heavy atom. The lowest BCUT2D eigenvalue weighted by Crippen LogP contribution is -2.17. The number of benzene rings is 2. The van der Waals surface area contributed by atoms with Gasteiger partial charge in [-0.1, -0.05) is 26.0 Å². The van der Waals surface area contributed by atoms with Gasteiger partial charge in [0.1, 0.15) is 5.78 Å². The first-order valence-electron chi connectivity index (χ1n) is 9.19. The Morgan fingerprint density at radius 3 is 1.58 bits per heavy atom. The molecule has 0 aliphatic heterocycles. The molecule has 0 aromatic heterocycles. The zero-order valence-corrected chi connectivity index (χ0v) is 16.1. The zero-order chi connectivity index (χ0) is 19.3. The molecule has 2 aromatic rings. The van der Waals surface area contributed by atoms with Crippen LogP contribution in [0.5, 0.6) is 0 Å². The van der Waals surface area contributed by atoms with E-state index in [0.717, 1.165) is 35.6 Å². The molecule has 2 atom stereocenters. The third kappa shape index (κ3) is 4.28. The topological polar surface area (TPSA) is 93.2 Å². The second-order valence-electron chi connectivity index (χ2n) is 6.60. The zero-order valence-electron chi connectivity index (χ0n) is 16.1. The van der Waals surface area contributed by atoms with Crippen molar-refractivity contribution in [3.63, 3.8) is 0 Å². The van der Waals surface area contributed by atoms with Gasteiger partial charge in [-0.25, -0.2) is 0 Å². The maximum Gasteiger partial charge on any atom is 0.147 e. The van der Waals surface area contributed by atoms with Crippen LogP contribution in [0.15, 0.2) is 36.4 Å². The fourth-order valence-corrected chi connectivity index (χ4v) is 3.08. The van der Waals surface area contributed by atoms with Crippen molar-refractivity contribution in [2.45, 2.75) is 39.5 Å². The van der Waals surface area contributed by atoms with Gasteiger partial charge in [0, 0.05) is 24.9 Å². The highest BCUT2D eigenvalue weighted by Gasteiger charge is 2.24. The number of nitrogens with one attached hydrogen (secondary N) is 2. The highest BCUT2D eigenvalue weighted by atomic mass is 16.1. The molecule has 0 heterocycles. The van der Waals surface area contributed by atoms with Gasteiger partial charge in [0.15, 0.2) is 0 Å². The summed E-state index contributed by atoms with van der Waals surface area (Å²) < 4.78 is 0. The molecule has 0 saturated carbocycles. The summed E-state index contributed by atoms with van der Waals surface area (Å²) in [5, 5.41) is 6.48. The van der Waals surface area contributed by atoms with Crippen LogP contribution in [0, 0.1) is 0 Å². The van der Waals surface area contributed by atoms with Crippen molar-refractivity contribution in [2.75, 3.05) is 35.2 Å². The van der Waals surface area contributed by atoms with Gasteiger partial charge in [-0.3, -0.25) is 4.79 Å². The third-order valence-electron chi connectivity index (χ3n) is 4.74. The van der Waals surface area contributed by atoms with Gasteiger partial charge in [0.25, 0.3) is 0 Å². The molecule has 0 fully saturated rings. The first-order valence-corrected chi connectivity index (χ1v) is 9.19. The fraction of sp³-hybridized carbons (Fsp3) is 0.381. The van der Waals surface area contributed by atoms with E-state index < -0.39 is 0 Å². The summed E-state index contributed by atoms with van der Waals surface area (Å²) >= 11 is 0. The van der Waals surface area contributed by atoms with Crippen LogP contribution in [-0.2, 0) is 4.79 Å². The molecule has 0 aliphatic carbocycles. The predicted molar refractivity (Wildman–Crippen MR) is 112 cm³/mol. The number of hydrogen-bond acceptors (Lipinski definition) is 5. The van der Waals surface area contributed by atoms with Gasteiger partial charge in [0.05, 0.1) is 22.7 Å². The Morgan fingerprint density at radius 1 is 0.846 bits per heavy atom. The van der Waals surface area contributed by atoms with Gasteiger partial charge in [-0.05, 0) is 49.2 Å². The smallest absolute Gasteiger partial charge is 0.147 e. The van der Waals surface area contributed by atoms with Crippen molar-refractivity contribution < 1.29 is 4.79 Å². The van der Waals surface area contributed by atoms with Crippen molar-refractivity contribution in [3.8, 4) is 0 Å². The standard InChI is InChI=1S/C21H30N4O/c1-5-24-19-11-15(7-9-17(19)22)13(3)21(26)14(4)16-8-10-18(23)20(12-16)25-6-2/h7-14,24-25H,5-6,22-23H2,1-4H3. The molecule has 2 unspecified atom stereocenters. The molecule has 26 heavy (non-hydrogen) atoms. The highest BCUT2D eigenvalue weighted by Crippen LogP contribution is 2.31.